The van der Waals surface area contributed by atoms with E-state index in [0.29, 0.717) is 0 Å². The van der Waals surface area contributed by atoms with Gasteiger partial charge in [0.05, 0.1) is 4.21 Å². The van der Waals surface area contributed by atoms with E-state index >= 15 is 0 Å². The smallest absolute Gasteiger partial charge is 0.485 e. The lowest BCUT2D eigenvalue weighted by molar-refractivity contribution is -0.0517. The Morgan fingerprint density at radius 1 is 0.771 bits per heavy atom. The fraction of sp³-hybridized carbons (Fsp3) is 0.120. The van der Waals surface area contributed by atoms with Gasteiger partial charge in [-0.25, -0.2) is 8.42 Å². The van der Waals surface area contributed by atoms with Crippen molar-refractivity contribution >= 4 is 44.1 Å². The van der Waals surface area contributed by atoms with Gasteiger partial charge in [0.2, 0.25) is 4.21 Å². The second kappa shape index (κ2) is 11.7. The van der Waals surface area contributed by atoms with Crippen molar-refractivity contribution in [2.45, 2.75) is 42.5 Å². The molecule has 0 aliphatic rings. The maximum absolute atomic E-state index is 10.7. The van der Waals surface area contributed by atoms with Gasteiger partial charge in [0.1, 0.15) is 10.9 Å². The molecule has 4 rings (SSSR count). The summed E-state index contributed by atoms with van der Waals surface area (Å²) in [7, 11) is -6.15. The van der Waals surface area contributed by atoms with Crippen LogP contribution in [0.15, 0.2) is 114 Å². The monoisotopic (exact) mass is 554 g/mol. The normalized spacial score (nSPS) is 11.7. The molecule has 3 aromatic carbocycles. The molecule has 0 saturated heterocycles. The Hall–Kier alpha value is -2.24. The molecule has 0 bridgehead atoms. The lowest BCUT2D eigenvalue weighted by atomic mass is 10.2. The van der Waals surface area contributed by atoms with Crippen LogP contribution in [-0.2, 0) is 21.0 Å². The highest BCUT2D eigenvalue weighted by Gasteiger charge is 2.37. The first kappa shape index (κ1) is 27.3. The first-order valence-corrected chi connectivity index (χ1v) is 14.4. The highest BCUT2D eigenvalue weighted by molar-refractivity contribution is 8.02. The standard InChI is InChI=1S/C24H21S3.CHF3O3S/c1-18-8-12-21(13-9-18)27(22-14-10-19(2)11-15-22)24-17-16-23(26-24)25-20-6-4-3-5-7-20;2-1(3,4)8(5,6)7/h3-17H,1-2H3;(H,5,6,7)/q+1;/p-1. The van der Waals surface area contributed by atoms with E-state index in [0.717, 1.165) is 0 Å². The summed E-state index contributed by atoms with van der Waals surface area (Å²) >= 11 is 3.75. The lowest BCUT2D eigenvalue weighted by Crippen LogP contribution is -2.21. The van der Waals surface area contributed by atoms with Crippen LogP contribution in [0.3, 0.4) is 0 Å². The Bertz CT molecular complexity index is 1290. The van der Waals surface area contributed by atoms with E-state index in [1.54, 1.807) is 0 Å². The fourth-order valence-corrected chi connectivity index (χ4v) is 7.74. The lowest BCUT2D eigenvalue weighted by Gasteiger charge is -2.08. The van der Waals surface area contributed by atoms with Gasteiger partial charge in [0.15, 0.2) is 19.9 Å². The Morgan fingerprint density at radius 3 is 1.66 bits per heavy atom. The summed E-state index contributed by atoms with van der Waals surface area (Å²) in [6.45, 7) is 4.29. The van der Waals surface area contributed by atoms with Crippen LogP contribution in [0, 0.1) is 13.8 Å². The van der Waals surface area contributed by atoms with E-state index < -0.39 is 15.6 Å². The zero-order chi connectivity index (χ0) is 25.6. The minimum Gasteiger partial charge on any atom is -0.741 e. The number of benzene rings is 3. The molecule has 10 heteroatoms. The predicted octanol–water partition coefficient (Wildman–Crippen LogP) is 7.66. The van der Waals surface area contributed by atoms with E-state index in [1.807, 2.05) is 23.1 Å². The number of alkyl halides is 3. The zero-order valence-electron chi connectivity index (χ0n) is 18.7. The van der Waals surface area contributed by atoms with Crippen molar-refractivity contribution in [1.82, 2.24) is 0 Å². The van der Waals surface area contributed by atoms with Gasteiger partial charge < -0.3 is 4.55 Å². The van der Waals surface area contributed by atoms with Crippen LogP contribution in [0.2, 0.25) is 0 Å². The third-order valence-corrected chi connectivity index (χ3v) is 9.88. The highest BCUT2D eigenvalue weighted by atomic mass is 32.2. The summed E-state index contributed by atoms with van der Waals surface area (Å²) < 4.78 is 61.7. The van der Waals surface area contributed by atoms with Gasteiger partial charge in [0, 0.05) is 11.0 Å². The largest absolute Gasteiger partial charge is 0.741 e. The van der Waals surface area contributed by atoms with Crippen molar-refractivity contribution in [2.75, 3.05) is 0 Å². The molecular formula is C25H21F3O3S4. The molecule has 0 saturated carbocycles. The van der Waals surface area contributed by atoms with Crippen LogP contribution in [0.25, 0.3) is 0 Å². The van der Waals surface area contributed by atoms with Crippen molar-refractivity contribution in [3.8, 4) is 0 Å². The van der Waals surface area contributed by atoms with Gasteiger partial charge >= 0.3 is 5.51 Å². The van der Waals surface area contributed by atoms with E-state index in [-0.39, 0.29) is 10.9 Å². The maximum Gasteiger partial charge on any atom is 0.485 e. The van der Waals surface area contributed by atoms with Gasteiger partial charge in [-0.1, -0.05) is 76.7 Å². The molecule has 0 radical (unpaired) electrons. The molecule has 35 heavy (non-hydrogen) atoms. The third kappa shape index (κ3) is 7.88. The number of aryl methyl sites for hydroxylation is 2. The molecule has 184 valence electrons. The molecule has 1 aromatic heterocycles. The summed E-state index contributed by atoms with van der Waals surface area (Å²) in [5, 5.41) is 0. The van der Waals surface area contributed by atoms with Crippen LogP contribution in [0.1, 0.15) is 11.1 Å². The van der Waals surface area contributed by atoms with Crippen molar-refractivity contribution in [3.05, 3.63) is 102 Å². The fourth-order valence-electron chi connectivity index (χ4n) is 2.79. The Kier molecular flexibility index (Phi) is 9.11. The topological polar surface area (TPSA) is 57.2 Å². The quantitative estimate of drug-likeness (QED) is 0.144. The first-order valence-electron chi connectivity index (χ1n) is 10.2. The Balaban J connectivity index is 0.000000371. The summed E-state index contributed by atoms with van der Waals surface area (Å²) in [6, 6.07) is 33.2. The molecular weight excluding hydrogens is 534 g/mol. The van der Waals surface area contributed by atoms with E-state index in [9.17, 15) is 13.2 Å². The molecule has 0 unspecified atom stereocenters. The average molecular weight is 555 g/mol. The maximum atomic E-state index is 10.7. The molecule has 0 spiro atoms. The van der Waals surface area contributed by atoms with Crippen molar-refractivity contribution in [3.63, 3.8) is 0 Å². The molecule has 0 atom stereocenters. The van der Waals surface area contributed by atoms with Crippen LogP contribution < -0.4 is 0 Å². The van der Waals surface area contributed by atoms with E-state index in [2.05, 4.69) is 105 Å². The van der Waals surface area contributed by atoms with Gasteiger partial charge in [-0.15, -0.1) is 0 Å². The number of rotatable bonds is 5. The molecule has 1 heterocycles. The molecule has 0 aliphatic carbocycles. The molecule has 0 aliphatic heterocycles. The second-order valence-corrected chi connectivity index (χ2v) is 13.4. The van der Waals surface area contributed by atoms with Crippen LogP contribution in [0.5, 0.6) is 0 Å². The Labute approximate surface area is 214 Å². The summed E-state index contributed by atoms with van der Waals surface area (Å²) in [5.41, 5.74) is -3.04. The minimum absolute atomic E-state index is 0.0632. The van der Waals surface area contributed by atoms with Crippen LogP contribution >= 0.6 is 23.1 Å². The van der Waals surface area contributed by atoms with Gasteiger partial charge in [-0.05, 0) is 56.3 Å². The number of hydrogen-bond acceptors (Lipinski definition) is 5. The van der Waals surface area contributed by atoms with Gasteiger partial charge in [-0.3, -0.25) is 0 Å². The van der Waals surface area contributed by atoms with E-state index in [1.165, 1.54) is 34.2 Å². The third-order valence-electron chi connectivity index (χ3n) is 4.52. The van der Waals surface area contributed by atoms with Gasteiger partial charge in [-0.2, -0.15) is 13.2 Å². The zero-order valence-corrected chi connectivity index (χ0v) is 21.9. The molecule has 4 aromatic rings. The average Bonchev–Trinajstić information content (AvgIpc) is 3.24. The number of hydrogen-bond donors (Lipinski definition) is 0. The van der Waals surface area contributed by atoms with Gasteiger partial charge in [0.25, 0.3) is 0 Å². The minimum atomic E-state index is -6.09. The molecule has 0 fully saturated rings. The first-order chi connectivity index (χ1) is 16.4. The molecule has 0 amide bonds. The summed E-state index contributed by atoms with van der Waals surface area (Å²) in [4.78, 5) is 4.04. The summed E-state index contributed by atoms with van der Waals surface area (Å²) in [6.07, 6.45) is 0. The van der Waals surface area contributed by atoms with E-state index in [4.69, 9.17) is 13.0 Å². The SMILES string of the molecule is Cc1ccc([S+](c2ccc(C)cc2)c2ccc(Sc3ccccc3)s2)cc1.O=S(=O)([O-])C(F)(F)F. The van der Waals surface area contributed by atoms with Crippen molar-refractivity contribution in [2.24, 2.45) is 0 Å². The molecule has 3 nitrogen and oxygen atoms in total. The predicted molar refractivity (Wildman–Crippen MR) is 135 cm³/mol. The number of thiophene rings is 1. The highest BCUT2D eigenvalue weighted by Crippen LogP contribution is 2.40. The van der Waals surface area contributed by atoms with Crippen molar-refractivity contribution in [1.29, 1.82) is 0 Å². The van der Waals surface area contributed by atoms with Crippen LogP contribution in [-0.4, -0.2) is 18.5 Å². The summed E-state index contributed by atoms with van der Waals surface area (Å²) in [5.74, 6) is 0. The van der Waals surface area contributed by atoms with Crippen molar-refractivity contribution < 1.29 is 26.1 Å². The molecule has 0 N–H and O–H groups in total. The Morgan fingerprint density at radius 2 is 1.23 bits per heavy atom. The number of halogens is 3. The second-order valence-electron chi connectivity index (χ2n) is 7.32. The van der Waals surface area contributed by atoms with Crippen LogP contribution in [0.4, 0.5) is 13.2 Å².